The maximum atomic E-state index is 13.5. The molecule has 6 bridgehead atoms. The number of aryl methyl sites for hydroxylation is 2. The van der Waals surface area contributed by atoms with E-state index in [0.29, 0.717) is 41.9 Å². The lowest BCUT2D eigenvalue weighted by atomic mass is 9.80. The minimum atomic E-state index is -0.487. The highest BCUT2D eigenvalue weighted by molar-refractivity contribution is 5.89. The van der Waals surface area contributed by atoms with Crippen molar-refractivity contribution in [2.75, 3.05) is 7.11 Å². The zero-order valence-electron chi connectivity index (χ0n) is 29.1. The number of aromatic hydroxyl groups is 1. The summed E-state index contributed by atoms with van der Waals surface area (Å²) >= 11 is 0. The third kappa shape index (κ3) is 9.33. The van der Waals surface area contributed by atoms with Gasteiger partial charge in [0.2, 0.25) is 0 Å². The predicted molar refractivity (Wildman–Crippen MR) is 199 cm³/mol. The third-order valence-corrected chi connectivity index (χ3v) is 10.00. The number of rotatable bonds is 9. The first-order chi connectivity index (χ1) is 24.9. The third-order valence-electron chi connectivity index (χ3n) is 10.00. The van der Waals surface area contributed by atoms with Gasteiger partial charge in [0, 0.05) is 24.8 Å². The van der Waals surface area contributed by atoms with Gasteiger partial charge in [0.05, 0.1) is 13.7 Å². The first-order valence-electron chi connectivity index (χ1n) is 17.8. The molecule has 0 aromatic heterocycles. The Hall–Kier alpha value is -5.19. The standard InChI is InChI=1S/C44H46O7/c1-49-43-20-14-31-13-17-38(47)27-39(25-34-24-37(46)18-15-32(34)11-6-5-10-30-8-3-2-4-9-30)50-21-7-12-40-41-26-35(28-45)36(29-51-44(43)22-31)23-33(41)16-19-42(40)48/h2-4,8-9,14-16,18-20,22-24,26,32,34,39,45-46,48H,5-6,10-13,17,25,27-29H2,1H3. The van der Waals surface area contributed by atoms with E-state index in [1.165, 1.54) is 5.56 Å². The van der Waals surface area contributed by atoms with Crippen molar-refractivity contribution in [3.63, 3.8) is 0 Å². The van der Waals surface area contributed by atoms with Crippen molar-refractivity contribution in [3.8, 4) is 29.3 Å². The second kappa shape index (κ2) is 17.2. The lowest BCUT2D eigenvalue weighted by Gasteiger charge is -2.28. The maximum Gasteiger partial charge on any atom is 0.161 e. The Morgan fingerprint density at radius 2 is 1.82 bits per heavy atom. The summed E-state index contributed by atoms with van der Waals surface area (Å²) in [5, 5.41) is 33.3. The summed E-state index contributed by atoms with van der Waals surface area (Å²) in [5.41, 5.74) is 4.40. The van der Waals surface area contributed by atoms with Crippen LogP contribution in [0.15, 0.2) is 96.8 Å². The summed E-state index contributed by atoms with van der Waals surface area (Å²) in [7, 11) is 1.59. The number of phenolic OH excluding ortho intramolecular Hbond substituents is 1. The first kappa shape index (κ1) is 35.6. The van der Waals surface area contributed by atoms with Crippen LogP contribution in [0.25, 0.3) is 10.8 Å². The van der Waals surface area contributed by atoms with Gasteiger partial charge < -0.3 is 29.5 Å². The molecule has 2 aliphatic heterocycles. The minimum absolute atomic E-state index is 0.0116. The SMILES string of the molecule is COc1ccc2cc1OCc1cc3ccc(O)c(c3cc1CO)CC#COC(CC1C=C(O)C=CC1CCCCc1ccccc1)CC(=O)CC2. The molecule has 4 aromatic rings. The molecule has 51 heavy (non-hydrogen) atoms. The molecule has 7 nitrogen and oxygen atoms in total. The highest BCUT2D eigenvalue weighted by atomic mass is 16.5. The number of allylic oxidation sites excluding steroid dienone is 3. The lowest BCUT2D eigenvalue weighted by Crippen LogP contribution is -2.24. The topological polar surface area (TPSA) is 105 Å². The molecule has 7 heteroatoms. The number of phenols is 1. The van der Waals surface area contributed by atoms with E-state index in [-0.39, 0.29) is 55.2 Å². The summed E-state index contributed by atoms with van der Waals surface area (Å²) in [5.74, 6) is 4.79. The summed E-state index contributed by atoms with van der Waals surface area (Å²) in [6, 6.07) is 23.5. The number of ether oxygens (including phenoxy) is 3. The Morgan fingerprint density at radius 3 is 2.65 bits per heavy atom. The number of unbranched alkanes of at least 4 members (excludes halogenated alkanes) is 1. The van der Waals surface area contributed by atoms with Crippen LogP contribution in [0.3, 0.4) is 0 Å². The zero-order valence-corrected chi connectivity index (χ0v) is 29.1. The quantitative estimate of drug-likeness (QED) is 0.120. The normalized spacial score (nSPS) is 19.2. The van der Waals surface area contributed by atoms with Gasteiger partial charge >= 0.3 is 0 Å². The van der Waals surface area contributed by atoms with Crippen molar-refractivity contribution in [2.24, 2.45) is 11.8 Å². The van der Waals surface area contributed by atoms with Crippen LogP contribution in [0.5, 0.6) is 17.2 Å². The minimum Gasteiger partial charge on any atom is -0.508 e. The van der Waals surface area contributed by atoms with E-state index < -0.39 is 6.10 Å². The van der Waals surface area contributed by atoms with Gasteiger partial charge in [-0.3, -0.25) is 4.79 Å². The fourth-order valence-electron chi connectivity index (χ4n) is 7.16. The molecule has 0 saturated carbocycles. The number of aliphatic hydroxyl groups excluding tert-OH is 2. The van der Waals surface area contributed by atoms with Crippen molar-refractivity contribution in [2.45, 2.75) is 77.1 Å². The van der Waals surface area contributed by atoms with E-state index in [1.54, 1.807) is 19.3 Å². The van der Waals surface area contributed by atoms with E-state index >= 15 is 0 Å². The molecular formula is C44H46O7. The number of fused-ring (bicyclic) bond motifs is 9. The van der Waals surface area contributed by atoms with Gasteiger partial charge in [-0.25, -0.2) is 0 Å². The number of methoxy groups -OCH3 is 1. The molecular weight excluding hydrogens is 640 g/mol. The van der Waals surface area contributed by atoms with Gasteiger partial charge in [-0.05, 0) is 119 Å². The van der Waals surface area contributed by atoms with Crippen molar-refractivity contribution in [3.05, 3.63) is 125 Å². The van der Waals surface area contributed by atoms with Crippen molar-refractivity contribution < 1.29 is 34.3 Å². The monoisotopic (exact) mass is 686 g/mol. The van der Waals surface area contributed by atoms with Gasteiger partial charge in [-0.2, -0.15) is 0 Å². The maximum absolute atomic E-state index is 13.5. The molecule has 4 aromatic carbocycles. The van der Waals surface area contributed by atoms with Crippen LogP contribution < -0.4 is 9.47 Å². The van der Waals surface area contributed by atoms with Gasteiger partial charge in [-0.15, -0.1) is 0 Å². The Balaban J connectivity index is 1.25. The number of aliphatic hydroxyl groups is 2. The first-order valence-corrected chi connectivity index (χ1v) is 17.8. The molecule has 0 fully saturated rings. The molecule has 264 valence electrons. The van der Waals surface area contributed by atoms with E-state index in [9.17, 15) is 20.1 Å². The predicted octanol–water partition coefficient (Wildman–Crippen LogP) is 8.47. The van der Waals surface area contributed by atoms with Crippen LogP contribution in [0, 0.1) is 23.9 Å². The van der Waals surface area contributed by atoms with Crippen LogP contribution in [0.1, 0.15) is 66.3 Å². The lowest BCUT2D eigenvalue weighted by molar-refractivity contribution is -0.121. The van der Waals surface area contributed by atoms with Crippen LogP contribution in [0.2, 0.25) is 0 Å². The largest absolute Gasteiger partial charge is 0.508 e. The van der Waals surface area contributed by atoms with Crippen molar-refractivity contribution >= 4 is 16.6 Å². The Bertz CT molecular complexity index is 1950. The number of benzene rings is 4. The summed E-state index contributed by atoms with van der Waals surface area (Å²) < 4.78 is 18.0. The molecule has 0 amide bonds. The Kier molecular flexibility index (Phi) is 12.0. The van der Waals surface area contributed by atoms with Gasteiger partial charge in [0.15, 0.2) is 11.5 Å². The average Bonchev–Trinajstić information content (AvgIpc) is 3.14. The second-order valence-electron chi connectivity index (χ2n) is 13.5. The number of carbonyl (C=O) groups is 1. The Labute approximate surface area is 300 Å². The fourth-order valence-corrected chi connectivity index (χ4v) is 7.16. The molecule has 3 unspecified atom stereocenters. The molecule has 3 atom stereocenters. The highest BCUT2D eigenvalue weighted by Crippen LogP contribution is 2.35. The molecule has 3 aliphatic rings. The van der Waals surface area contributed by atoms with Crippen molar-refractivity contribution in [1.82, 2.24) is 0 Å². The molecule has 0 saturated heterocycles. The second-order valence-corrected chi connectivity index (χ2v) is 13.5. The van der Waals surface area contributed by atoms with Gasteiger partial charge in [0.1, 0.15) is 36.1 Å². The molecule has 3 N–H and O–H groups in total. The van der Waals surface area contributed by atoms with E-state index in [4.69, 9.17) is 14.2 Å². The summed E-state index contributed by atoms with van der Waals surface area (Å²) in [6.07, 6.45) is 14.0. The number of Topliss-reactive ketones (excluding diaryl/α,β-unsaturated/α-hetero) is 1. The van der Waals surface area contributed by atoms with E-state index in [0.717, 1.165) is 47.6 Å². The van der Waals surface area contributed by atoms with E-state index in [1.807, 2.05) is 48.5 Å². The Morgan fingerprint density at radius 1 is 0.961 bits per heavy atom. The summed E-state index contributed by atoms with van der Waals surface area (Å²) in [6.45, 7) is -0.00164. The smallest absolute Gasteiger partial charge is 0.161 e. The molecule has 0 radical (unpaired) electrons. The van der Waals surface area contributed by atoms with Gasteiger partial charge in [0.25, 0.3) is 0 Å². The van der Waals surface area contributed by atoms with Gasteiger partial charge in [-0.1, -0.05) is 60.9 Å². The fraction of sp³-hybridized carbons (Fsp3) is 0.341. The van der Waals surface area contributed by atoms with E-state index in [2.05, 4.69) is 42.4 Å². The molecule has 0 spiro atoms. The average molecular weight is 687 g/mol. The van der Waals surface area contributed by atoms with Crippen molar-refractivity contribution in [1.29, 1.82) is 0 Å². The zero-order chi connectivity index (χ0) is 35.6. The van der Waals surface area contributed by atoms with Crippen LogP contribution in [-0.2, 0) is 42.0 Å². The summed E-state index contributed by atoms with van der Waals surface area (Å²) in [4.78, 5) is 13.5. The number of carbonyl (C=O) groups excluding carboxylic acids is 1. The van der Waals surface area contributed by atoms with Crippen LogP contribution in [-0.4, -0.2) is 34.3 Å². The number of hydrogen-bond donors (Lipinski definition) is 3. The molecule has 2 heterocycles. The van der Waals surface area contributed by atoms with Crippen LogP contribution in [0.4, 0.5) is 0 Å². The molecule has 1 aliphatic carbocycles. The molecule has 7 rings (SSSR count). The van der Waals surface area contributed by atoms with Crippen LogP contribution >= 0.6 is 0 Å². The highest BCUT2D eigenvalue weighted by Gasteiger charge is 2.27. The number of hydrogen-bond acceptors (Lipinski definition) is 7. The number of ketones is 1.